The van der Waals surface area contributed by atoms with Gasteiger partial charge in [-0.1, -0.05) is 0 Å². The van der Waals surface area contributed by atoms with E-state index in [1.165, 1.54) is 0 Å². The molecule has 0 aliphatic carbocycles. The first-order chi connectivity index (χ1) is 7.66. The van der Waals surface area contributed by atoms with E-state index >= 15 is 0 Å². The molecule has 90 valence electrons. The second-order valence-electron chi connectivity index (χ2n) is 4.22. The Bertz CT molecular complexity index is 283. The number of likely N-dealkylation sites (tertiary alicyclic amines) is 1. The zero-order valence-corrected chi connectivity index (χ0v) is 9.02. The van der Waals surface area contributed by atoms with Gasteiger partial charge in [-0.2, -0.15) is 0 Å². The second kappa shape index (κ2) is 4.69. The molecule has 0 aromatic carbocycles. The van der Waals surface area contributed by atoms with Gasteiger partial charge in [-0.25, -0.2) is 4.79 Å². The van der Waals surface area contributed by atoms with Crippen molar-refractivity contribution >= 4 is 12.0 Å². The fourth-order valence-electron chi connectivity index (χ4n) is 1.98. The standard InChI is InChI=1S/C10H16N2O4/c13-9(12-4-1-5-12)8-3-2-7(6-16-8)11-10(14)15/h7-8,11H,1-6H2,(H,14,15)/t7-,8+/m1/s1. The van der Waals surface area contributed by atoms with Gasteiger partial charge in [0.25, 0.3) is 5.91 Å². The number of hydrogen-bond donors (Lipinski definition) is 2. The Balaban J connectivity index is 1.76. The molecule has 0 aromatic rings. The summed E-state index contributed by atoms with van der Waals surface area (Å²) in [5, 5.41) is 10.9. The van der Waals surface area contributed by atoms with Crippen LogP contribution in [0.2, 0.25) is 0 Å². The van der Waals surface area contributed by atoms with Crippen LogP contribution in [0, 0.1) is 0 Å². The van der Waals surface area contributed by atoms with Crippen LogP contribution in [0.1, 0.15) is 19.3 Å². The maximum atomic E-state index is 11.8. The highest BCUT2D eigenvalue weighted by molar-refractivity contribution is 5.81. The number of ether oxygens (including phenoxy) is 1. The Labute approximate surface area is 93.6 Å². The van der Waals surface area contributed by atoms with Crippen LogP contribution in [0.3, 0.4) is 0 Å². The lowest BCUT2D eigenvalue weighted by molar-refractivity contribution is -0.150. The van der Waals surface area contributed by atoms with Crippen molar-refractivity contribution in [2.45, 2.75) is 31.4 Å². The molecule has 0 saturated carbocycles. The molecule has 2 N–H and O–H groups in total. The Morgan fingerprint density at radius 2 is 2.06 bits per heavy atom. The second-order valence-corrected chi connectivity index (χ2v) is 4.22. The van der Waals surface area contributed by atoms with E-state index in [9.17, 15) is 9.59 Å². The maximum absolute atomic E-state index is 11.8. The summed E-state index contributed by atoms with van der Waals surface area (Å²) in [6, 6.07) is -0.182. The summed E-state index contributed by atoms with van der Waals surface area (Å²) < 4.78 is 5.39. The predicted octanol–water partition coefficient (Wildman–Crippen LogP) is 0.0339. The normalized spacial score (nSPS) is 29.4. The Morgan fingerprint density at radius 1 is 1.31 bits per heavy atom. The Hall–Kier alpha value is -1.30. The van der Waals surface area contributed by atoms with Gasteiger partial charge in [0, 0.05) is 13.1 Å². The summed E-state index contributed by atoms with van der Waals surface area (Å²) in [6.45, 7) is 1.95. The van der Waals surface area contributed by atoms with Crippen molar-refractivity contribution in [3.63, 3.8) is 0 Å². The third-order valence-corrected chi connectivity index (χ3v) is 3.05. The first-order valence-electron chi connectivity index (χ1n) is 5.56. The molecule has 0 aromatic heterocycles. The topological polar surface area (TPSA) is 78.9 Å². The summed E-state index contributed by atoms with van der Waals surface area (Å²) in [5.41, 5.74) is 0. The average Bonchev–Trinajstić information content (AvgIpc) is 2.15. The van der Waals surface area contributed by atoms with Crippen molar-refractivity contribution in [2.75, 3.05) is 19.7 Å². The molecule has 2 heterocycles. The molecule has 0 bridgehead atoms. The number of hydrogen-bond acceptors (Lipinski definition) is 3. The molecular weight excluding hydrogens is 212 g/mol. The Kier molecular flexibility index (Phi) is 3.28. The molecule has 16 heavy (non-hydrogen) atoms. The summed E-state index contributed by atoms with van der Waals surface area (Å²) >= 11 is 0. The molecular formula is C10H16N2O4. The van der Waals surface area contributed by atoms with Crippen LogP contribution in [0.5, 0.6) is 0 Å². The van der Waals surface area contributed by atoms with Gasteiger partial charge in [0.2, 0.25) is 0 Å². The largest absolute Gasteiger partial charge is 0.465 e. The number of carboxylic acid groups (broad SMARTS) is 1. The van der Waals surface area contributed by atoms with E-state index in [1.807, 2.05) is 0 Å². The predicted molar refractivity (Wildman–Crippen MR) is 55.1 cm³/mol. The average molecular weight is 228 g/mol. The van der Waals surface area contributed by atoms with E-state index in [0.29, 0.717) is 12.8 Å². The molecule has 2 aliphatic rings. The van der Waals surface area contributed by atoms with Gasteiger partial charge in [-0.3, -0.25) is 4.79 Å². The van der Waals surface area contributed by atoms with Crippen molar-refractivity contribution < 1.29 is 19.4 Å². The van der Waals surface area contributed by atoms with Crippen LogP contribution in [0.25, 0.3) is 0 Å². The van der Waals surface area contributed by atoms with E-state index in [-0.39, 0.29) is 24.7 Å². The summed E-state index contributed by atoms with van der Waals surface area (Å²) in [6.07, 6.45) is 0.923. The lowest BCUT2D eigenvalue weighted by atomic mass is 10.0. The number of carbonyl (C=O) groups excluding carboxylic acids is 1. The molecule has 2 atom stereocenters. The zero-order chi connectivity index (χ0) is 11.5. The highest BCUT2D eigenvalue weighted by Crippen LogP contribution is 2.18. The molecule has 0 unspecified atom stereocenters. The minimum atomic E-state index is -1.04. The van der Waals surface area contributed by atoms with E-state index in [2.05, 4.69) is 5.32 Å². The minimum Gasteiger partial charge on any atom is -0.465 e. The first kappa shape index (κ1) is 11.2. The third kappa shape index (κ3) is 2.44. The molecule has 6 nitrogen and oxygen atoms in total. The van der Waals surface area contributed by atoms with Gasteiger partial charge in [-0.15, -0.1) is 0 Å². The van der Waals surface area contributed by atoms with Gasteiger partial charge in [-0.05, 0) is 19.3 Å². The van der Waals surface area contributed by atoms with E-state index in [1.54, 1.807) is 4.90 Å². The van der Waals surface area contributed by atoms with E-state index in [0.717, 1.165) is 19.5 Å². The monoisotopic (exact) mass is 228 g/mol. The smallest absolute Gasteiger partial charge is 0.404 e. The number of nitrogens with zero attached hydrogens (tertiary/aromatic N) is 1. The van der Waals surface area contributed by atoms with Crippen LogP contribution in [0.4, 0.5) is 4.79 Å². The molecule has 0 spiro atoms. The summed E-state index contributed by atoms with van der Waals surface area (Å²) in [4.78, 5) is 24.0. The minimum absolute atomic E-state index is 0.0556. The van der Waals surface area contributed by atoms with Gasteiger partial charge in [0.15, 0.2) is 0 Å². The highest BCUT2D eigenvalue weighted by atomic mass is 16.5. The molecule has 0 radical (unpaired) electrons. The zero-order valence-electron chi connectivity index (χ0n) is 9.02. The number of rotatable bonds is 2. The summed E-state index contributed by atoms with van der Waals surface area (Å²) in [5.74, 6) is 0.0556. The highest BCUT2D eigenvalue weighted by Gasteiger charge is 2.32. The number of carbonyl (C=O) groups is 2. The van der Waals surface area contributed by atoms with Gasteiger partial charge in [0.1, 0.15) is 6.10 Å². The van der Waals surface area contributed by atoms with Crippen molar-refractivity contribution in [3.8, 4) is 0 Å². The van der Waals surface area contributed by atoms with Crippen molar-refractivity contribution in [1.82, 2.24) is 10.2 Å². The molecule has 2 fully saturated rings. The van der Waals surface area contributed by atoms with E-state index in [4.69, 9.17) is 9.84 Å². The molecule has 2 rings (SSSR count). The molecule has 2 saturated heterocycles. The lowest BCUT2D eigenvalue weighted by Crippen LogP contribution is -2.51. The SMILES string of the molecule is O=C(O)N[C@@H]1CC[C@@H](C(=O)N2CCC2)OC1. The van der Waals surface area contributed by atoms with Crippen LogP contribution < -0.4 is 5.32 Å². The van der Waals surface area contributed by atoms with Gasteiger partial charge in [0.05, 0.1) is 12.6 Å². The fraction of sp³-hybridized carbons (Fsp3) is 0.800. The maximum Gasteiger partial charge on any atom is 0.404 e. The Morgan fingerprint density at radius 3 is 2.50 bits per heavy atom. The molecule has 6 heteroatoms. The van der Waals surface area contributed by atoms with Gasteiger partial charge >= 0.3 is 6.09 Å². The number of amides is 2. The molecule has 2 amide bonds. The quantitative estimate of drug-likeness (QED) is 0.699. The third-order valence-electron chi connectivity index (χ3n) is 3.05. The van der Waals surface area contributed by atoms with Crippen LogP contribution in [0.15, 0.2) is 0 Å². The van der Waals surface area contributed by atoms with Crippen LogP contribution in [-0.2, 0) is 9.53 Å². The van der Waals surface area contributed by atoms with Crippen LogP contribution >= 0.6 is 0 Å². The number of nitrogens with one attached hydrogen (secondary N) is 1. The van der Waals surface area contributed by atoms with Gasteiger partial charge < -0.3 is 20.1 Å². The fourth-order valence-corrected chi connectivity index (χ4v) is 1.98. The summed E-state index contributed by atoms with van der Waals surface area (Å²) in [7, 11) is 0. The van der Waals surface area contributed by atoms with Crippen molar-refractivity contribution in [2.24, 2.45) is 0 Å². The first-order valence-corrected chi connectivity index (χ1v) is 5.56. The van der Waals surface area contributed by atoms with Crippen molar-refractivity contribution in [1.29, 1.82) is 0 Å². The molecule has 2 aliphatic heterocycles. The lowest BCUT2D eigenvalue weighted by Gasteiger charge is -2.36. The van der Waals surface area contributed by atoms with Crippen LogP contribution in [-0.4, -0.2) is 53.8 Å². The van der Waals surface area contributed by atoms with Crippen molar-refractivity contribution in [3.05, 3.63) is 0 Å². The van der Waals surface area contributed by atoms with E-state index < -0.39 is 6.09 Å².